The van der Waals surface area contributed by atoms with Crippen LogP contribution in [0.3, 0.4) is 0 Å². The quantitative estimate of drug-likeness (QED) is 0.458. The van der Waals surface area contributed by atoms with E-state index < -0.39 is 5.60 Å². The highest BCUT2D eigenvalue weighted by molar-refractivity contribution is 14.1. The highest BCUT2D eigenvalue weighted by Gasteiger charge is 2.15. The summed E-state index contributed by atoms with van der Waals surface area (Å²) < 4.78 is 11.7. The fourth-order valence-electron chi connectivity index (χ4n) is 1.23. The van der Waals surface area contributed by atoms with Crippen molar-refractivity contribution >= 4 is 28.6 Å². The maximum absolute atomic E-state index is 11.4. The fraction of sp³-hybridized carbons (Fsp3) is 0.538. The second-order valence-electron chi connectivity index (χ2n) is 4.85. The summed E-state index contributed by atoms with van der Waals surface area (Å²) in [5.74, 6) is 0.390. The fourth-order valence-corrected chi connectivity index (χ4v) is 1.55. The van der Waals surface area contributed by atoms with E-state index in [9.17, 15) is 4.79 Å². The Bertz CT molecular complexity index is 384. The van der Waals surface area contributed by atoms with Crippen LogP contribution in [0.15, 0.2) is 18.3 Å². The van der Waals surface area contributed by atoms with E-state index in [1.54, 1.807) is 6.20 Å². The molecule has 18 heavy (non-hydrogen) atoms. The largest absolute Gasteiger partial charge is 0.478 e. The van der Waals surface area contributed by atoms with Gasteiger partial charge in [0.2, 0.25) is 5.88 Å². The Balaban J connectivity index is 2.19. The molecule has 0 saturated carbocycles. The van der Waals surface area contributed by atoms with Gasteiger partial charge in [0.25, 0.3) is 0 Å². The Kier molecular flexibility index (Phi) is 5.84. The lowest BCUT2D eigenvalue weighted by atomic mass is 10.2. The van der Waals surface area contributed by atoms with Crippen LogP contribution in [0.4, 0.5) is 0 Å². The summed E-state index contributed by atoms with van der Waals surface area (Å²) in [5, 5.41) is 0. The zero-order valence-electron chi connectivity index (χ0n) is 10.9. The molecule has 1 rings (SSSR count). The number of esters is 1. The summed E-state index contributed by atoms with van der Waals surface area (Å²) in [6, 6.07) is 3.74. The summed E-state index contributed by atoms with van der Waals surface area (Å²) >= 11 is 2.18. The van der Waals surface area contributed by atoms with Gasteiger partial charge >= 0.3 is 5.97 Å². The van der Waals surface area contributed by atoms with E-state index in [4.69, 9.17) is 9.47 Å². The average molecular weight is 363 g/mol. The topological polar surface area (TPSA) is 48.4 Å². The van der Waals surface area contributed by atoms with Gasteiger partial charge in [0.1, 0.15) is 5.60 Å². The first-order chi connectivity index (χ1) is 8.37. The highest BCUT2D eigenvalue weighted by atomic mass is 127. The van der Waals surface area contributed by atoms with Crippen LogP contribution in [-0.2, 0) is 9.53 Å². The molecule has 0 radical (unpaired) electrons. The molecule has 0 bridgehead atoms. The smallest absolute Gasteiger partial charge is 0.306 e. The summed E-state index contributed by atoms with van der Waals surface area (Å²) in [6.45, 7) is 6.04. The predicted molar refractivity (Wildman–Crippen MR) is 77.5 cm³/mol. The molecule has 0 amide bonds. The van der Waals surface area contributed by atoms with Crippen LogP contribution >= 0.6 is 22.6 Å². The predicted octanol–water partition coefficient (Wildman–Crippen LogP) is 3.19. The Labute approximate surface area is 121 Å². The van der Waals surface area contributed by atoms with Gasteiger partial charge in [-0.2, -0.15) is 0 Å². The Morgan fingerprint density at radius 1 is 1.39 bits per heavy atom. The molecule has 100 valence electrons. The molecule has 0 saturated heterocycles. The molecule has 0 aliphatic rings. The number of aromatic nitrogens is 1. The zero-order valence-corrected chi connectivity index (χ0v) is 13.1. The van der Waals surface area contributed by atoms with Crippen molar-refractivity contribution in [1.29, 1.82) is 0 Å². The third-order valence-corrected chi connectivity index (χ3v) is 2.53. The molecule has 5 heteroatoms. The first kappa shape index (κ1) is 15.2. The van der Waals surface area contributed by atoms with Crippen molar-refractivity contribution in [2.24, 2.45) is 0 Å². The van der Waals surface area contributed by atoms with Crippen LogP contribution in [0.2, 0.25) is 0 Å². The van der Waals surface area contributed by atoms with E-state index in [1.165, 1.54) is 0 Å². The first-order valence-electron chi connectivity index (χ1n) is 5.83. The van der Waals surface area contributed by atoms with Gasteiger partial charge < -0.3 is 9.47 Å². The van der Waals surface area contributed by atoms with E-state index in [-0.39, 0.29) is 5.97 Å². The lowest BCUT2D eigenvalue weighted by Gasteiger charge is -2.19. The minimum atomic E-state index is -0.421. The van der Waals surface area contributed by atoms with Gasteiger partial charge in [-0.15, -0.1) is 0 Å². The monoisotopic (exact) mass is 363 g/mol. The van der Waals surface area contributed by atoms with Crippen molar-refractivity contribution in [3.8, 4) is 5.88 Å². The van der Waals surface area contributed by atoms with Crippen LogP contribution in [0.25, 0.3) is 0 Å². The minimum Gasteiger partial charge on any atom is -0.478 e. The average Bonchev–Trinajstić information content (AvgIpc) is 2.24. The first-order valence-corrected chi connectivity index (χ1v) is 6.91. The number of carbonyl (C=O) groups is 1. The summed E-state index contributed by atoms with van der Waals surface area (Å²) in [4.78, 5) is 15.5. The molecule has 1 aromatic heterocycles. The molecule has 0 aliphatic heterocycles. The molecule has 0 atom stereocenters. The van der Waals surface area contributed by atoms with E-state index in [2.05, 4.69) is 27.6 Å². The number of hydrogen-bond acceptors (Lipinski definition) is 4. The van der Waals surface area contributed by atoms with E-state index >= 15 is 0 Å². The van der Waals surface area contributed by atoms with Gasteiger partial charge in [0.15, 0.2) is 0 Å². The van der Waals surface area contributed by atoms with Crippen molar-refractivity contribution in [2.45, 2.75) is 39.2 Å². The number of rotatable bonds is 5. The highest BCUT2D eigenvalue weighted by Crippen LogP contribution is 2.11. The van der Waals surface area contributed by atoms with Crippen LogP contribution < -0.4 is 4.74 Å². The lowest BCUT2D eigenvalue weighted by molar-refractivity contribution is -0.155. The van der Waals surface area contributed by atoms with E-state index in [0.717, 1.165) is 3.57 Å². The molecule has 4 nitrogen and oxygen atoms in total. The molecule has 0 aromatic carbocycles. The Morgan fingerprint density at radius 2 is 2.11 bits per heavy atom. The molecule has 0 aliphatic carbocycles. The molecule has 0 spiro atoms. The molecular formula is C13H18INO3. The SMILES string of the molecule is CC(C)(C)OC(=O)CCCOc1ccc(I)cn1. The van der Waals surface area contributed by atoms with Gasteiger partial charge in [-0.3, -0.25) is 4.79 Å². The van der Waals surface area contributed by atoms with Crippen LogP contribution in [-0.4, -0.2) is 23.2 Å². The van der Waals surface area contributed by atoms with Crippen molar-refractivity contribution < 1.29 is 14.3 Å². The van der Waals surface area contributed by atoms with Gasteiger partial charge in [0.05, 0.1) is 6.61 Å². The third-order valence-electron chi connectivity index (χ3n) is 1.90. The number of hydrogen-bond donors (Lipinski definition) is 0. The number of carbonyl (C=O) groups excluding carboxylic acids is 1. The van der Waals surface area contributed by atoms with Crippen LogP contribution in [0.5, 0.6) is 5.88 Å². The Morgan fingerprint density at radius 3 is 2.67 bits per heavy atom. The zero-order chi connectivity index (χ0) is 13.6. The molecule has 1 aromatic rings. The van der Waals surface area contributed by atoms with Crippen LogP contribution in [0, 0.1) is 3.57 Å². The number of nitrogens with zero attached hydrogens (tertiary/aromatic N) is 1. The van der Waals surface area contributed by atoms with E-state index in [1.807, 2.05) is 32.9 Å². The van der Waals surface area contributed by atoms with Gasteiger partial charge in [0, 0.05) is 22.3 Å². The number of halogens is 1. The standard InChI is InChI=1S/C13H18INO3/c1-13(2,3)18-12(16)5-4-8-17-11-7-6-10(14)9-15-11/h6-7,9H,4-5,8H2,1-3H3. The third kappa shape index (κ3) is 6.78. The normalized spacial score (nSPS) is 11.1. The lowest BCUT2D eigenvalue weighted by Crippen LogP contribution is -2.24. The second-order valence-corrected chi connectivity index (χ2v) is 6.10. The molecule has 0 N–H and O–H groups in total. The molecular weight excluding hydrogens is 345 g/mol. The van der Waals surface area contributed by atoms with Crippen molar-refractivity contribution in [1.82, 2.24) is 4.98 Å². The summed E-state index contributed by atoms with van der Waals surface area (Å²) in [7, 11) is 0. The Hall–Kier alpha value is -0.850. The van der Waals surface area contributed by atoms with Crippen molar-refractivity contribution in [3.63, 3.8) is 0 Å². The summed E-state index contributed by atoms with van der Waals surface area (Å²) in [6.07, 6.45) is 2.73. The van der Waals surface area contributed by atoms with E-state index in [0.29, 0.717) is 25.3 Å². The van der Waals surface area contributed by atoms with Crippen molar-refractivity contribution in [2.75, 3.05) is 6.61 Å². The molecule has 1 heterocycles. The summed E-state index contributed by atoms with van der Waals surface area (Å²) in [5.41, 5.74) is -0.421. The molecule has 0 unspecified atom stereocenters. The van der Waals surface area contributed by atoms with Gasteiger partial charge in [-0.1, -0.05) is 0 Å². The molecule has 0 fully saturated rings. The maximum Gasteiger partial charge on any atom is 0.306 e. The van der Waals surface area contributed by atoms with Gasteiger partial charge in [-0.25, -0.2) is 4.98 Å². The number of ether oxygens (including phenoxy) is 2. The maximum atomic E-state index is 11.4. The minimum absolute atomic E-state index is 0.193. The van der Waals surface area contributed by atoms with Crippen molar-refractivity contribution in [3.05, 3.63) is 21.9 Å². The van der Waals surface area contributed by atoms with Crippen LogP contribution in [0.1, 0.15) is 33.6 Å². The van der Waals surface area contributed by atoms with Gasteiger partial charge in [-0.05, 0) is 55.8 Å². The number of pyridine rings is 1. The second kappa shape index (κ2) is 6.92.